The molecule has 0 unspecified atom stereocenters. The summed E-state index contributed by atoms with van der Waals surface area (Å²) in [6, 6.07) is 30.9. The molecule has 2 nitrogen and oxygen atoms in total. The molecule has 1 aliphatic heterocycles. The fraction of sp³-hybridized carbons (Fsp3) is 0.269. The van der Waals surface area contributed by atoms with Gasteiger partial charge in [-0.25, -0.2) is 0 Å². The molecule has 0 bridgehead atoms. The van der Waals surface area contributed by atoms with Crippen LogP contribution in [0, 0.1) is 0 Å². The number of rotatable bonds is 6. The Morgan fingerprint density at radius 2 is 1.14 bits per heavy atom. The fourth-order valence-electron chi connectivity index (χ4n) is 4.58. The van der Waals surface area contributed by atoms with Crippen LogP contribution in [-0.4, -0.2) is 18.9 Å². The van der Waals surface area contributed by atoms with Crippen LogP contribution in [0.15, 0.2) is 91.0 Å². The van der Waals surface area contributed by atoms with Gasteiger partial charge in [0.25, 0.3) is 0 Å². The molecule has 0 radical (unpaired) electrons. The summed E-state index contributed by atoms with van der Waals surface area (Å²) in [6.45, 7) is 2.26. The van der Waals surface area contributed by atoms with Gasteiger partial charge in [-0.1, -0.05) is 91.0 Å². The van der Waals surface area contributed by atoms with Gasteiger partial charge < -0.3 is 4.90 Å². The lowest BCUT2D eigenvalue weighted by Gasteiger charge is -2.36. The van der Waals surface area contributed by atoms with Crippen LogP contribution in [0.2, 0.25) is 0 Å². The van der Waals surface area contributed by atoms with Crippen molar-refractivity contribution in [2.24, 2.45) is 0 Å². The maximum Gasteiger partial charge on any atom is 0.176 e. The van der Waals surface area contributed by atoms with Crippen molar-refractivity contribution in [3.8, 4) is 0 Å². The summed E-state index contributed by atoms with van der Waals surface area (Å²) in [7, 11) is 0. The molecule has 2 heteroatoms. The van der Waals surface area contributed by atoms with E-state index >= 15 is 0 Å². The first-order valence-electron chi connectivity index (χ1n) is 10.4. The third-order valence-corrected chi connectivity index (χ3v) is 5.93. The zero-order valence-electron chi connectivity index (χ0n) is 16.3. The largest absolute Gasteiger partial charge is 0.328 e. The van der Waals surface area contributed by atoms with Crippen molar-refractivity contribution in [1.29, 1.82) is 0 Å². The number of nitrogens with one attached hydrogen (secondary N) is 1. The number of piperidine rings is 1. The van der Waals surface area contributed by atoms with Gasteiger partial charge in [-0.2, -0.15) is 0 Å². The second-order valence-electron chi connectivity index (χ2n) is 7.73. The van der Waals surface area contributed by atoms with Gasteiger partial charge in [0.2, 0.25) is 0 Å². The van der Waals surface area contributed by atoms with Crippen LogP contribution >= 0.6 is 0 Å². The van der Waals surface area contributed by atoms with E-state index in [0.29, 0.717) is 0 Å². The number of benzene rings is 3. The van der Waals surface area contributed by atoms with Gasteiger partial charge >= 0.3 is 0 Å². The van der Waals surface area contributed by atoms with Crippen molar-refractivity contribution in [2.45, 2.75) is 31.2 Å². The number of Topliss-reactive ketones (excluding diaryl/α,β-unsaturated/α-hetero) is 1. The number of likely N-dealkylation sites (tertiary alicyclic amines) is 1. The van der Waals surface area contributed by atoms with E-state index in [1.807, 2.05) is 48.5 Å². The van der Waals surface area contributed by atoms with Gasteiger partial charge in [-0.05, 0) is 24.8 Å². The van der Waals surface area contributed by atoms with Crippen molar-refractivity contribution in [1.82, 2.24) is 0 Å². The maximum absolute atomic E-state index is 13.8. The molecular weight excluding hydrogens is 342 g/mol. The Morgan fingerprint density at radius 1 is 0.643 bits per heavy atom. The van der Waals surface area contributed by atoms with E-state index in [-0.39, 0.29) is 17.7 Å². The minimum Gasteiger partial charge on any atom is -0.328 e. The van der Waals surface area contributed by atoms with E-state index < -0.39 is 0 Å². The van der Waals surface area contributed by atoms with E-state index in [4.69, 9.17) is 0 Å². The standard InChI is InChI=1S/C26H27NO/c28-26(23-17-9-3-10-18-23)24(21-13-5-1-6-14-21)25(22-15-7-2-8-16-22)27-19-11-4-12-20-27/h1-3,5-10,13-18,24-25H,4,11-12,19-20H2/p+1/t24-,25+/m0/s1. The lowest BCUT2D eigenvalue weighted by atomic mass is 9.80. The molecule has 4 rings (SSSR count). The molecule has 142 valence electrons. The summed E-state index contributed by atoms with van der Waals surface area (Å²) in [4.78, 5) is 15.3. The lowest BCUT2D eigenvalue weighted by Crippen LogP contribution is -3.13. The third kappa shape index (κ3) is 4.07. The Kier molecular flexibility index (Phi) is 5.98. The number of carbonyl (C=O) groups excluding carboxylic acids is 1. The molecule has 1 N–H and O–H groups in total. The molecule has 2 atom stereocenters. The monoisotopic (exact) mass is 370 g/mol. The molecular formula is C26H28NO+. The molecule has 1 saturated heterocycles. The quantitative estimate of drug-likeness (QED) is 0.636. The van der Waals surface area contributed by atoms with E-state index in [1.54, 1.807) is 0 Å². The van der Waals surface area contributed by atoms with Gasteiger partial charge in [0.1, 0.15) is 12.0 Å². The molecule has 1 heterocycles. The number of hydrogen-bond acceptors (Lipinski definition) is 1. The summed E-state index contributed by atoms with van der Waals surface area (Å²) < 4.78 is 0. The fourth-order valence-corrected chi connectivity index (χ4v) is 4.58. The average molecular weight is 371 g/mol. The van der Waals surface area contributed by atoms with Gasteiger partial charge in [0, 0.05) is 11.1 Å². The zero-order valence-corrected chi connectivity index (χ0v) is 16.3. The van der Waals surface area contributed by atoms with Crippen molar-refractivity contribution in [3.63, 3.8) is 0 Å². The number of ketones is 1. The zero-order chi connectivity index (χ0) is 19.2. The van der Waals surface area contributed by atoms with E-state index in [1.165, 1.54) is 29.7 Å². The minimum atomic E-state index is -0.181. The second-order valence-corrected chi connectivity index (χ2v) is 7.73. The summed E-state index contributed by atoms with van der Waals surface area (Å²) in [5, 5.41) is 0. The van der Waals surface area contributed by atoms with Crippen molar-refractivity contribution in [3.05, 3.63) is 108 Å². The highest BCUT2D eigenvalue weighted by Crippen LogP contribution is 2.32. The number of carbonyl (C=O) groups is 1. The molecule has 1 fully saturated rings. The van der Waals surface area contributed by atoms with Gasteiger partial charge in [0.15, 0.2) is 5.78 Å². The first-order valence-corrected chi connectivity index (χ1v) is 10.4. The first-order chi connectivity index (χ1) is 13.8. The number of hydrogen-bond donors (Lipinski definition) is 1. The Bertz CT molecular complexity index is 870. The minimum absolute atomic E-state index is 0.136. The molecule has 0 spiro atoms. The summed E-state index contributed by atoms with van der Waals surface area (Å²) >= 11 is 0. The van der Waals surface area contributed by atoms with Crippen LogP contribution in [0.1, 0.15) is 52.7 Å². The topological polar surface area (TPSA) is 21.5 Å². The normalized spacial score (nSPS) is 17.0. The van der Waals surface area contributed by atoms with Crippen LogP contribution in [-0.2, 0) is 0 Å². The highest BCUT2D eigenvalue weighted by atomic mass is 16.1. The summed E-state index contributed by atoms with van der Waals surface area (Å²) in [5.41, 5.74) is 3.18. The Morgan fingerprint density at radius 3 is 1.71 bits per heavy atom. The van der Waals surface area contributed by atoms with Crippen molar-refractivity contribution < 1.29 is 9.69 Å². The third-order valence-electron chi connectivity index (χ3n) is 5.93. The van der Waals surface area contributed by atoms with Crippen LogP contribution in [0.3, 0.4) is 0 Å². The predicted molar refractivity (Wildman–Crippen MR) is 114 cm³/mol. The Labute approximate surface area is 167 Å². The van der Waals surface area contributed by atoms with Gasteiger partial charge in [-0.3, -0.25) is 4.79 Å². The Balaban J connectivity index is 1.82. The Hall–Kier alpha value is -2.71. The molecule has 0 aromatic heterocycles. The molecule has 3 aromatic rings. The van der Waals surface area contributed by atoms with Gasteiger partial charge in [-0.15, -0.1) is 0 Å². The second kappa shape index (κ2) is 8.99. The maximum atomic E-state index is 13.8. The predicted octanol–water partition coefficient (Wildman–Crippen LogP) is 4.46. The van der Waals surface area contributed by atoms with Crippen LogP contribution in [0.25, 0.3) is 0 Å². The summed E-state index contributed by atoms with van der Waals surface area (Å²) in [6.07, 6.45) is 3.77. The molecule has 3 aromatic carbocycles. The SMILES string of the molecule is O=C(c1ccccc1)[C@@H](c1ccccc1)[C@@H](c1ccccc1)[NH+]1CCCCC1. The first kappa shape index (κ1) is 18.6. The van der Waals surface area contributed by atoms with E-state index in [0.717, 1.165) is 24.2 Å². The van der Waals surface area contributed by atoms with Gasteiger partial charge in [0.05, 0.1) is 13.1 Å². The molecule has 28 heavy (non-hydrogen) atoms. The summed E-state index contributed by atoms with van der Waals surface area (Å²) in [5.74, 6) is 0.0397. The van der Waals surface area contributed by atoms with E-state index in [9.17, 15) is 4.79 Å². The lowest BCUT2D eigenvalue weighted by molar-refractivity contribution is -0.937. The smallest absolute Gasteiger partial charge is 0.176 e. The van der Waals surface area contributed by atoms with E-state index in [2.05, 4.69) is 42.5 Å². The molecule has 1 aliphatic rings. The molecule has 0 aliphatic carbocycles. The average Bonchev–Trinajstić information content (AvgIpc) is 2.79. The van der Waals surface area contributed by atoms with Crippen LogP contribution < -0.4 is 4.90 Å². The molecule has 0 amide bonds. The molecule has 0 saturated carbocycles. The highest BCUT2D eigenvalue weighted by molar-refractivity contribution is 6.01. The van der Waals surface area contributed by atoms with Crippen LogP contribution in [0.5, 0.6) is 0 Å². The highest BCUT2D eigenvalue weighted by Gasteiger charge is 2.39. The van der Waals surface area contributed by atoms with Crippen LogP contribution in [0.4, 0.5) is 0 Å². The van der Waals surface area contributed by atoms with Crippen molar-refractivity contribution >= 4 is 5.78 Å². The van der Waals surface area contributed by atoms with Crippen molar-refractivity contribution in [2.75, 3.05) is 13.1 Å². The number of quaternary nitrogens is 1.